The molecule has 0 saturated heterocycles. The van der Waals surface area contributed by atoms with Crippen LogP contribution >= 0.6 is 0 Å². The fourth-order valence-corrected chi connectivity index (χ4v) is 3.36. The second-order valence-electron chi connectivity index (χ2n) is 6.54. The zero-order chi connectivity index (χ0) is 19.4. The van der Waals surface area contributed by atoms with E-state index in [0.717, 1.165) is 23.3 Å². The molecule has 0 bridgehead atoms. The van der Waals surface area contributed by atoms with Crippen LogP contribution in [0, 0.1) is 6.92 Å². The van der Waals surface area contributed by atoms with Crippen molar-refractivity contribution in [3.8, 4) is 0 Å². The summed E-state index contributed by atoms with van der Waals surface area (Å²) in [6.07, 6.45) is 1.90. The molecule has 0 aliphatic heterocycles. The van der Waals surface area contributed by atoms with Gasteiger partial charge in [-0.2, -0.15) is 0 Å². The van der Waals surface area contributed by atoms with Crippen molar-refractivity contribution in [2.24, 2.45) is 0 Å². The molecular weight excluding hydrogens is 342 g/mol. The standard InChI is InChI=1S/C20H25N5O2/c1-4-15(25-16-9-7-6-8-14(16)23-18(25)5-2)20(27)21-11-10-17-22-13(3)12-19(26)24-17/h6-9,12,15H,4-5,10-11H2,1-3H3,(H,21,27)(H,22,24,26)/t15-/m0/s1. The van der Waals surface area contributed by atoms with Crippen LogP contribution < -0.4 is 10.9 Å². The quantitative estimate of drug-likeness (QED) is 0.670. The number of aromatic nitrogens is 4. The lowest BCUT2D eigenvalue weighted by Crippen LogP contribution is -2.34. The van der Waals surface area contributed by atoms with E-state index in [1.165, 1.54) is 6.07 Å². The lowest BCUT2D eigenvalue weighted by Gasteiger charge is -2.19. The lowest BCUT2D eigenvalue weighted by molar-refractivity contribution is -0.124. The number of para-hydroxylation sites is 2. The predicted molar refractivity (Wildman–Crippen MR) is 105 cm³/mol. The molecule has 27 heavy (non-hydrogen) atoms. The van der Waals surface area contributed by atoms with Crippen molar-refractivity contribution in [3.63, 3.8) is 0 Å². The van der Waals surface area contributed by atoms with E-state index in [1.54, 1.807) is 6.92 Å². The maximum atomic E-state index is 12.9. The van der Waals surface area contributed by atoms with Gasteiger partial charge in [-0.15, -0.1) is 0 Å². The van der Waals surface area contributed by atoms with Gasteiger partial charge in [0.15, 0.2) is 0 Å². The highest BCUT2D eigenvalue weighted by Gasteiger charge is 2.23. The van der Waals surface area contributed by atoms with Gasteiger partial charge < -0.3 is 14.9 Å². The molecule has 7 heteroatoms. The topological polar surface area (TPSA) is 92.7 Å². The molecule has 2 heterocycles. The number of carbonyl (C=O) groups is 1. The van der Waals surface area contributed by atoms with Gasteiger partial charge in [0.2, 0.25) is 5.91 Å². The van der Waals surface area contributed by atoms with Gasteiger partial charge in [0.25, 0.3) is 5.56 Å². The van der Waals surface area contributed by atoms with Gasteiger partial charge in [-0.3, -0.25) is 9.59 Å². The summed E-state index contributed by atoms with van der Waals surface area (Å²) in [6.45, 7) is 6.23. The fourth-order valence-electron chi connectivity index (χ4n) is 3.36. The molecule has 0 spiro atoms. The number of fused-ring (bicyclic) bond motifs is 1. The Morgan fingerprint density at radius 2 is 2.04 bits per heavy atom. The molecule has 0 aliphatic carbocycles. The maximum absolute atomic E-state index is 12.9. The molecule has 7 nitrogen and oxygen atoms in total. The summed E-state index contributed by atoms with van der Waals surface area (Å²) in [4.78, 5) is 36.0. The average Bonchev–Trinajstić information content (AvgIpc) is 3.00. The van der Waals surface area contributed by atoms with E-state index >= 15 is 0 Å². The first-order valence-corrected chi connectivity index (χ1v) is 9.33. The Balaban J connectivity index is 1.76. The van der Waals surface area contributed by atoms with Crippen molar-refractivity contribution in [2.45, 2.75) is 46.1 Å². The van der Waals surface area contributed by atoms with Crippen molar-refractivity contribution in [1.29, 1.82) is 0 Å². The number of benzene rings is 1. The monoisotopic (exact) mass is 367 g/mol. The number of rotatable bonds is 7. The van der Waals surface area contributed by atoms with E-state index in [1.807, 2.05) is 42.7 Å². The number of hydrogen-bond donors (Lipinski definition) is 2. The third-order valence-corrected chi connectivity index (χ3v) is 4.57. The van der Waals surface area contributed by atoms with Crippen LogP contribution in [0.25, 0.3) is 11.0 Å². The molecule has 1 atom stereocenters. The van der Waals surface area contributed by atoms with Crippen molar-refractivity contribution in [3.05, 3.63) is 58.0 Å². The molecular formula is C20H25N5O2. The molecule has 1 aromatic carbocycles. The number of amides is 1. The third kappa shape index (κ3) is 4.07. The van der Waals surface area contributed by atoms with Crippen LogP contribution in [0.5, 0.6) is 0 Å². The minimum atomic E-state index is -0.322. The van der Waals surface area contributed by atoms with Crippen LogP contribution in [0.4, 0.5) is 0 Å². The number of nitrogens with zero attached hydrogens (tertiary/aromatic N) is 3. The first-order chi connectivity index (χ1) is 13.0. The smallest absolute Gasteiger partial charge is 0.251 e. The van der Waals surface area contributed by atoms with E-state index in [2.05, 4.69) is 20.3 Å². The van der Waals surface area contributed by atoms with E-state index in [4.69, 9.17) is 0 Å². The fraction of sp³-hybridized carbons (Fsp3) is 0.400. The second-order valence-corrected chi connectivity index (χ2v) is 6.54. The van der Waals surface area contributed by atoms with Crippen molar-refractivity contribution >= 4 is 16.9 Å². The summed E-state index contributed by atoms with van der Waals surface area (Å²) in [5.74, 6) is 1.43. The summed E-state index contributed by atoms with van der Waals surface area (Å²) in [7, 11) is 0. The van der Waals surface area contributed by atoms with Crippen molar-refractivity contribution in [2.75, 3.05) is 6.54 Å². The van der Waals surface area contributed by atoms with Gasteiger partial charge >= 0.3 is 0 Å². The van der Waals surface area contributed by atoms with Gasteiger partial charge in [-0.1, -0.05) is 26.0 Å². The minimum absolute atomic E-state index is 0.0506. The zero-order valence-corrected chi connectivity index (χ0v) is 16.0. The minimum Gasteiger partial charge on any atom is -0.354 e. The molecule has 0 saturated carbocycles. The van der Waals surface area contributed by atoms with Gasteiger partial charge in [0.05, 0.1) is 11.0 Å². The number of aromatic amines is 1. The second kappa shape index (κ2) is 8.16. The highest BCUT2D eigenvalue weighted by molar-refractivity contribution is 5.84. The van der Waals surface area contributed by atoms with E-state index in [0.29, 0.717) is 30.9 Å². The summed E-state index contributed by atoms with van der Waals surface area (Å²) >= 11 is 0. The normalized spacial score (nSPS) is 12.3. The van der Waals surface area contributed by atoms with Crippen molar-refractivity contribution < 1.29 is 4.79 Å². The number of H-pyrrole nitrogens is 1. The highest BCUT2D eigenvalue weighted by Crippen LogP contribution is 2.24. The number of imidazole rings is 1. The van der Waals surface area contributed by atoms with Crippen LogP contribution in [0.15, 0.2) is 35.1 Å². The maximum Gasteiger partial charge on any atom is 0.251 e. The van der Waals surface area contributed by atoms with Gasteiger partial charge in [-0.05, 0) is 25.5 Å². The molecule has 142 valence electrons. The largest absolute Gasteiger partial charge is 0.354 e. The Labute approximate surface area is 157 Å². The van der Waals surface area contributed by atoms with Gasteiger partial charge in [-0.25, -0.2) is 9.97 Å². The first-order valence-electron chi connectivity index (χ1n) is 9.33. The summed E-state index contributed by atoms with van der Waals surface area (Å²) < 4.78 is 2.04. The Kier molecular flexibility index (Phi) is 5.69. The van der Waals surface area contributed by atoms with Crippen LogP contribution in [0.1, 0.15) is 43.7 Å². The average molecular weight is 367 g/mol. The molecule has 2 N–H and O–H groups in total. The molecule has 0 radical (unpaired) electrons. The number of hydrogen-bond acceptors (Lipinski definition) is 4. The zero-order valence-electron chi connectivity index (χ0n) is 16.0. The molecule has 3 rings (SSSR count). The Bertz CT molecular complexity index is 1010. The number of nitrogens with one attached hydrogen (secondary N) is 2. The Hall–Kier alpha value is -2.96. The van der Waals surface area contributed by atoms with Gasteiger partial charge in [0, 0.05) is 31.1 Å². The molecule has 0 fully saturated rings. The van der Waals surface area contributed by atoms with Crippen LogP contribution in [0.2, 0.25) is 0 Å². The molecule has 0 unspecified atom stereocenters. The number of aryl methyl sites for hydroxylation is 2. The van der Waals surface area contributed by atoms with Gasteiger partial charge in [0.1, 0.15) is 17.7 Å². The summed E-state index contributed by atoms with van der Waals surface area (Å²) in [6, 6.07) is 9.01. The van der Waals surface area contributed by atoms with E-state index in [9.17, 15) is 9.59 Å². The SMILES string of the molecule is CCc1nc2ccccc2n1[C@@H](CC)C(=O)NCCc1nc(C)cc(=O)[nH]1. The molecule has 1 amide bonds. The first kappa shape index (κ1) is 18.8. The Morgan fingerprint density at radius 1 is 1.26 bits per heavy atom. The third-order valence-electron chi connectivity index (χ3n) is 4.57. The summed E-state index contributed by atoms with van der Waals surface area (Å²) in [5, 5.41) is 2.98. The highest BCUT2D eigenvalue weighted by atomic mass is 16.2. The molecule has 3 aromatic rings. The van der Waals surface area contributed by atoms with Crippen molar-refractivity contribution in [1.82, 2.24) is 24.8 Å². The molecule has 0 aliphatic rings. The Morgan fingerprint density at radius 3 is 2.74 bits per heavy atom. The summed E-state index contributed by atoms with van der Waals surface area (Å²) in [5.41, 5.74) is 2.37. The van der Waals surface area contributed by atoms with Crippen LogP contribution in [0.3, 0.4) is 0 Å². The van der Waals surface area contributed by atoms with E-state index in [-0.39, 0.29) is 17.5 Å². The van der Waals surface area contributed by atoms with Crippen LogP contribution in [-0.2, 0) is 17.6 Å². The predicted octanol–water partition coefficient (Wildman–Crippen LogP) is 2.30. The van der Waals surface area contributed by atoms with E-state index < -0.39 is 0 Å². The van der Waals surface area contributed by atoms with Crippen LogP contribution in [-0.4, -0.2) is 32.0 Å². The molecule has 2 aromatic heterocycles. The number of carbonyl (C=O) groups excluding carboxylic acids is 1. The lowest BCUT2D eigenvalue weighted by atomic mass is 10.1.